The molecule has 2 nitrogen and oxygen atoms in total. The molecule has 1 heterocycles. The molecule has 1 aromatic heterocycles. The number of halogens is 2. The third-order valence-corrected chi connectivity index (χ3v) is 4.77. The third kappa shape index (κ3) is 2.31. The molecule has 20 heavy (non-hydrogen) atoms. The van der Waals surface area contributed by atoms with Gasteiger partial charge >= 0.3 is 0 Å². The van der Waals surface area contributed by atoms with Crippen molar-refractivity contribution in [3.8, 4) is 0 Å². The topological polar surface area (TPSA) is 32.9 Å². The van der Waals surface area contributed by atoms with Gasteiger partial charge in [0, 0.05) is 36.3 Å². The van der Waals surface area contributed by atoms with Crippen LogP contribution in [0.1, 0.15) is 21.5 Å². The highest BCUT2D eigenvalue weighted by Crippen LogP contribution is 2.27. The van der Waals surface area contributed by atoms with E-state index < -0.39 is 0 Å². The van der Waals surface area contributed by atoms with Crippen LogP contribution in [-0.4, -0.2) is 10.8 Å². The Morgan fingerprint density at radius 1 is 1.20 bits per heavy atom. The predicted molar refractivity (Wildman–Crippen MR) is 93.3 cm³/mol. The van der Waals surface area contributed by atoms with Gasteiger partial charge in [0.1, 0.15) is 0 Å². The van der Waals surface area contributed by atoms with Crippen molar-refractivity contribution in [3.05, 3.63) is 67.3 Å². The minimum Gasteiger partial charge on any atom is -0.360 e. The lowest BCUT2D eigenvalue weighted by molar-refractivity contribution is 0.103. The second kappa shape index (κ2) is 5.33. The summed E-state index contributed by atoms with van der Waals surface area (Å²) in [6, 6.07) is 11.8. The van der Waals surface area contributed by atoms with E-state index in [4.69, 9.17) is 0 Å². The Kier molecular flexibility index (Phi) is 3.69. The smallest absolute Gasteiger partial charge is 0.196 e. The van der Waals surface area contributed by atoms with Gasteiger partial charge in [0.25, 0.3) is 0 Å². The van der Waals surface area contributed by atoms with Crippen LogP contribution in [0.4, 0.5) is 0 Å². The van der Waals surface area contributed by atoms with Crippen molar-refractivity contribution in [3.63, 3.8) is 0 Å². The molecule has 0 amide bonds. The SMILES string of the molecule is Cc1cccc2[nH]cc(C(=O)c3cc(Br)ccc3I)c12. The average molecular weight is 440 g/mol. The number of hydrogen-bond donors (Lipinski definition) is 1. The molecule has 2 aromatic carbocycles. The van der Waals surface area contributed by atoms with Gasteiger partial charge in [-0.3, -0.25) is 4.79 Å². The van der Waals surface area contributed by atoms with Crippen LogP contribution < -0.4 is 0 Å². The lowest BCUT2D eigenvalue weighted by atomic mass is 10.0. The normalized spacial score (nSPS) is 10.9. The van der Waals surface area contributed by atoms with Crippen LogP contribution in [0, 0.1) is 10.5 Å². The highest BCUT2D eigenvalue weighted by atomic mass is 127. The Morgan fingerprint density at radius 2 is 2.00 bits per heavy atom. The van der Waals surface area contributed by atoms with Crippen molar-refractivity contribution >= 4 is 55.2 Å². The third-order valence-electron chi connectivity index (χ3n) is 3.33. The second-order valence-corrected chi connectivity index (χ2v) is 6.73. The summed E-state index contributed by atoms with van der Waals surface area (Å²) in [5.41, 5.74) is 3.56. The van der Waals surface area contributed by atoms with Gasteiger partial charge in [0.15, 0.2) is 5.78 Å². The summed E-state index contributed by atoms with van der Waals surface area (Å²) in [5.74, 6) is 0.0521. The fourth-order valence-corrected chi connectivity index (χ4v) is 3.30. The van der Waals surface area contributed by atoms with Crippen molar-refractivity contribution in [1.82, 2.24) is 4.98 Å². The fraction of sp³-hybridized carbons (Fsp3) is 0.0625. The molecular weight excluding hydrogens is 429 g/mol. The van der Waals surface area contributed by atoms with Gasteiger partial charge in [-0.15, -0.1) is 0 Å². The van der Waals surface area contributed by atoms with Gasteiger partial charge in [-0.25, -0.2) is 0 Å². The molecule has 0 radical (unpaired) electrons. The molecular formula is C16H11BrINO. The van der Waals surface area contributed by atoms with Crippen LogP contribution in [0.2, 0.25) is 0 Å². The van der Waals surface area contributed by atoms with Crippen LogP contribution in [0.15, 0.2) is 47.1 Å². The number of aromatic nitrogens is 1. The number of aromatic amines is 1. The van der Waals surface area contributed by atoms with Crippen molar-refractivity contribution < 1.29 is 4.79 Å². The van der Waals surface area contributed by atoms with E-state index in [0.717, 1.165) is 35.6 Å². The lowest BCUT2D eigenvalue weighted by Gasteiger charge is -2.05. The van der Waals surface area contributed by atoms with Crippen molar-refractivity contribution in [2.45, 2.75) is 6.92 Å². The second-order valence-electron chi connectivity index (χ2n) is 4.65. The van der Waals surface area contributed by atoms with Crippen LogP contribution in [0.5, 0.6) is 0 Å². The Morgan fingerprint density at radius 3 is 2.80 bits per heavy atom. The molecule has 0 saturated heterocycles. The van der Waals surface area contributed by atoms with Crippen LogP contribution in [0.3, 0.4) is 0 Å². The van der Waals surface area contributed by atoms with E-state index >= 15 is 0 Å². The highest BCUT2D eigenvalue weighted by Gasteiger charge is 2.17. The average Bonchev–Trinajstić information content (AvgIpc) is 2.86. The first-order valence-corrected chi connectivity index (χ1v) is 8.01. The zero-order valence-electron chi connectivity index (χ0n) is 10.7. The monoisotopic (exact) mass is 439 g/mol. The summed E-state index contributed by atoms with van der Waals surface area (Å²) in [6.45, 7) is 2.03. The molecule has 0 saturated carbocycles. The van der Waals surface area contributed by atoms with Gasteiger partial charge in [-0.1, -0.05) is 28.1 Å². The zero-order valence-corrected chi connectivity index (χ0v) is 14.4. The number of nitrogens with one attached hydrogen (secondary N) is 1. The Labute approximate surface area is 138 Å². The highest BCUT2D eigenvalue weighted by molar-refractivity contribution is 14.1. The minimum atomic E-state index is 0.0521. The number of aryl methyl sites for hydroxylation is 1. The van der Waals surface area contributed by atoms with E-state index in [1.54, 1.807) is 6.20 Å². The first-order chi connectivity index (χ1) is 9.58. The van der Waals surface area contributed by atoms with Crippen LogP contribution >= 0.6 is 38.5 Å². The molecule has 0 atom stereocenters. The fourth-order valence-electron chi connectivity index (χ4n) is 2.36. The zero-order chi connectivity index (χ0) is 14.3. The maximum atomic E-state index is 12.8. The molecule has 0 aliphatic rings. The Balaban J connectivity index is 2.21. The maximum Gasteiger partial charge on any atom is 0.196 e. The lowest BCUT2D eigenvalue weighted by Crippen LogP contribution is -2.03. The summed E-state index contributed by atoms with van der Waals surface area (Å²) < 4.78 is 1.87. The first kappa shape index (κ1) is 13.8. The van der Waals surface area contributed by atoms with Crippen molar-refractivity contribution in [1.29, 1.82) is 0 Å². The van der Waals surface area contributed by atoms with E-state index in [0.29, 0.717) is 0 Å². The largest absolute Gasteiger partial charge is 0.360 e. The van der Waals surface area contributed by atoms with Crippen molar-refractivity contribution in [2.24, 2.45) is 0 Å². The van der Waals surface area contributed by atoms with E-state index in [-0.39, 0.29) is 5.78 Å². The molecule has 100 valence electrons. The number of carbonyl (C=O) groups is 1. The quantitative estimate of drug-likeness (QED) is 0.438. The molecule has 1 N–H and O–H groups in total. The van der Waals surface area contributed by atoms with Gasteiger partial charge in [0.2, 0.25) is 0 Å². The number of H-pyrrole nitrogens is 1. The van der Waals surface area contributed by atoms with Gasteiger partial charge in [0.05, 0.1) is 0 Å². The summed E-state index contributed by atoms with van der Waals surface area (Å²) >= 11 is 5.63. The summed E-state index contributed by atoms with van der Waals surface area (Å²) in [7, 11) is 0. The Bertz CT molecular complexity index is 822. The van der Waals surface area contributed by atoms with E-state index in [1.807, 2.05) is 43.3 Å². The minimum absolute atomic E-state index is 0.0521. The molecule has 3 aromatic rings. The predicted octanol–water partition coefficient (Wildman–Crippen LogP) is 5.07. The number of ketones is 1. The Hall–Kier alpha value is -1.14. The number of carbonyl (C=O) groups excluding carboxylic acids is 1. The summed E-state index contributed by atoms with van der Waals surface area (Å²) in [5, 5.41) is 1.01. The number of hydrogen-bond acceptors (Lipinski definition) is 1. The van der Waals surface area contributed by atoms with Gasteiger partial charge < -0.3 is 4.98 Å². The van der Waals surface area contributed by atoms with Crippen LogP contribution in [-0.2, 0) is 0 Å². The van der Waals surface area contributed by atoms with E-state index in [2.05, 4.69) is 43.5 Å². The molecule has 0 unspecified atom stereocenters. The molecule has 0 fully saturated rings. The first-order valence-electron chi connectivity index (χ1n) is 6.14. The molecule has 0 aliphatic heterocycles. The van der Waals surface area contributed by atoms with Gasteiger partial charge in [-0.2, -0.15) is 0 Å². The summed E-state index contributed by atoms with van der Waals surface area (Å²) in [6.07, 6.45) is 1.80. The number of benzene rings is 2. The molecule has 4 heteroatoms. The molecule has 0 spiro atoms. The maximum absolute atomic E-state index is 12.8. The molecule has 0 bridgehead atoms. The standard InChI is InChI=1S/C16H11BrINO/c1-9-3-2-4-14-15(9)12(8-19-14)16(20)11-7-10(17)5-6-13(11)18/h2-8,19H,1H3. The van der Waals surface area contributed by atoms with Crippen LogP contribution in [0.25, 0.3) is 10.9 Å². The van der Waals surface area contributed by atoms with Gasteiger partial charge in [-0.05, 0) is 59.3 Å². The van der Waals surface area contributed by atoms with Crippen molar-refractivity contribution in [2.75, 3.05) is 0 Å². The molecule has 0 aliphatic carbocycles. The summed E-state index contributed by atoms with van der Waals surface area (Å²) in [4.78, 5) is 16.0. The number of fused-ring (bicyclic) bond motifs is 1. The van der Waals surface area contributed by atoms with E-state index in [9.17, 15) is 4.79 Å². The number of rotatable bonds is 2. The van der Waals surface area contributed by atoms with E-state index in [1.165, 1.54) is 0 Å². The molecule has 3 rings (SSSR count).